The number of nitro groups is 2. The molecular weight excluding hydrogens is 380 g/mol. The summed E-state index contributed by atoms with van der Waals surface area (Å²) in [5.74, 6) is -0.850. The summed E-state index contributed by atoms with van der Waals surface area (Å²) >= 11 is 5.66. The average molecular weight is 390 g/mol. The second-order valence-electron chi connectivity index (χ2n) is 5.00. The van der Waals surface area contributed by atoms with Crippen molar-refractivity contribution in [2.75, 3.05) is 5.32 Å². The molecular formula is C13H10ClF2N5O5. The molecule has 0 aliphatic rings. The number of carbonyl (C=O) groups is 1. The van der Waals surface area contributed by atoms with Gasteiger partial charge in [0.2, 0.25) is 11.6 Å². The Kier molecular flexibility index (Phi) is 5.45. The smallest absolute Gasteiger partial charge is 0.319 e. The second kappa shape index (κ2) is 7.39. The van der Waals surface area contributed by atoms with Crippen molar-refractivity contribution < 1.29 is 23.4 Å². The highest BCUT2D eigenvalue weighted by Crippen LogP contribution is 2.31. The first kappa shape index (κ1) is 19.2. The van der Waals surface area contributed by atoms with Crippen molar-refractivity contribution in [3.05, 3.63) is 54.8 Å². The van der Waals surface area contributed by atoms with E-state index >= 15 is 0 Å². The van der Waals surface area contributed by atoms with Crippen molar-refractivity contribution in [2.45, 2.75) is 19.9 Å². The molecule has 0 fully saturated rings. The van der Waals surface area contributed by atoms with Crippen molar-refractivity contribution in [1.82, 2.24) is 9.78 Å². The molecule has 0 aliphatic heterocycles. The molecule has 0 atom stereocenters. The third kappa shape index (κ3) is 3.91. The maximum absolute atomic E-state index is 12.9. The molecule has 13 heteroatoms. The van der Waals surface area contributed by atoms with Gasteiger partial charge in [-0.1, -0.05) is 11.6 Å². The van der Waals surface area contributed by atoms with Gasteiger partial charge in [0.05, 0.1) is 9.85 Å². The minimum absolute atomic E-state index is 0.0785. The van der Waals surface area contributed by atoms with Crippen LogP contribution >= 0.6 is 11.6 Å². The van der Waals surface area contributed by atoms with E-state index < -0.39 is 45.8 Å². The summed E-state index contributed by atoms with van der Waals surface area (Å²) < 4.78 is 26.5. The third-order valence-corrected chi connectivity index (χ3v) is 3.55. The Hall–Kier alpha value is -3.15. The number of carbonyl (C=O) groups excluding carboxylic acids is 1. The zero-order valence-corrected chi connectivity index (χ0v) is 13.7. The fourth-order valence-corrected chi connectivity index (χ4v) is 2.34. The summed E-state index contributed by atoms with van der Waals surface area (Å²) in [6.07, 6.45) is -3.20. The van der Waals surface area contributed by atoms with Gasteiger partial charge in [-0.2, -0.15) is 5.10 Å². The lowest BCUT2D eigenvalue weighted by Crippen LogP contribution is -2.21. The van der Waals surface area contributed by atoms with E-state index in [0.29, 0.717) is 0 Å². The topological polar surface area (TPSA) is 133 Å². The normalized spacial score (nSPS) is 10.8. The van der Waals surface area contributed by atoms with E-state index in [1.807, 2.05) is 0 Å². The summed E-state index contributed by atoms with van der Waals surface area (Å²) in [5.41, 5.74) is -2.82. The lowest BCUT2D eigenvalue weighted by Gasteiger charge is -2.07. The van der Waals surface area contributed by atoms with E-state index in [1.54, 1.807) is 0 Å². The molecule has 1 aromatic heterocycles. The number of hydrogen-bond donors (Lipinski definition) is 1. The van der Waals surface area contributed by atoms with Crippen LogP contribution in [-0.2, 0) is 11.3 Å². The molecule has 0 radical (unpaired) electrons. The Balaban J connectivity index is 2.28. The van der Waals surface area contributed by atoms with Gasteiger partial charge in [0.15, 0.2) is 0 Å². The zero-order chi connectivity index (χ0) is 19.6. The summed E-state index contributed by atoms with van der Waals surface area (Å²) in [5, 5.41) is 27.6. The summed E-state index contributed by atoms with van der Waals surface area (Å²) in [4.78, 5) is 32.2. The third-order valence-electron chi connectivity index (χ3n) is 3.31. The highest BCUT2D eigenvalue weighted by Gasteiger charge is 2.31. The number of nitrogens with one attached hydrogen (secondary N) is 1. The van der Waals surface area contributed by atoms with Gasteiger partial charge < -0.3 is 5.32 Å². The van der Waals surface area contributed by atoms with Gasteiger partial charge in [0.1, 0.15) is 17.9 Å². The van der Waals surface area contributed by atoms with Crippen LogP contribution in [0.2, 0.25) is 5.02 Å². The van der Waals surface area contributed by atoms with Crippen LogP contribution in [0, 0.1) is 27.2 Å². The molecule has 1 heterocycles. The molecule has 1 aromatic carbocycles. The number of hydrogen-bond acceptors (Lipinski definition) is 6. The van der Waals surface area contributed by atoms with Crippen molar-refractivity contribution in [3.8, 4) is 0 Å². The molecule has 0 spiro atoms. The number of amides is 1. The van der Waals surface area contributed by atoms with Crippen LogP contribution in [0.3, 0.4) is 0 Å². The van der Waals surface area contributed by atoms with Gasteiger partial charge in [-0.15, -0.1) is 0 Å². The van der Waals surface area contributed by atoms with Crippen molar-refractivity contribution in [3.63, 3.8) is 0 Å². The molecule has 138 valence electrons. The molecule has 26 heavy (non-hydrogen) atoms. The number of nitro benzene ring substituents is 1. The number of rotatable bonds is 6. The first-order chi connectivity index (χ1) is 12.1. The van der Waals surface area contributed by atoms with Gasteiger partial charge in [0, 0.05) is 11.1 Å². The van der Waals surface area contributed by atoms with E-state index in [1.165, 1.54) is 12.1 Å². The molecule has 0 bridgehead atoms. The lowest BCUT2D eigenvalue weighted by atomic mass is 10.2. The van der Waals surface area contributed by atoms with E-state index in [-0.39, 0.29) is 16.4 Å². The lowest BCUT2D eigenvalue weighted by molar-refractivity contribution is -0.386. The molecule has 1 N–H and O–H groups in total. The number of halogens is 3. The summed E-state index contributed by atoms with van der Waals surface area (Å²) in [6.45, 7) is 0.508. The summed E-state index contributed by atoms with van der Waals surface area (Å²) in [7, 11) is 0. The molecule has 0 unspecified atom stereocenters. The van der Waals surface area contributed by atoms with Crippen LogP contribution in [0.15, 0.2) is 18.2 Å². The number of aromatic nitrogens is 2. The van der Waals surface area contributed by atoms with Crippen LogP contribution in [0.25, 0.3) is 0 Å². The van der Waals surface area contributed by atoms with Crippen LogP contribution < -0.4 is 5.32 Å². The van der Waals surface area contributed by atoms with Gasteiger partial charge in [0.25, 0.3) is 12.1 Å². The predicted octanol–water partition coefficient (Wildman–Crippen LogP) is 3.24. The predicted molar refractivity (Wildman–Crippen MR) is 85.3 cm³/mol. The number of nitrogens with zero attached hydrogens (tertiary/aromatic N) is 4. The minimum atomic E-state index is -3.20. The van der Waals surface area contributed by atoms with Gasteiger partial charge in [-0.3, -0.25) is 29.7 Å². The zero-order valence-electron chi connectivity index (χ0n) is 13.0. The Labute approximate surface area is 148 Å². The molecule has 1 amide bonds. The maximum Gasteiger partial charge on any atom is 0.319 e. The molecule has 2 rings (SSSR count). The fraction of sp³-hybridized carbons (Fsp3) is 0.231. The molecule has 2 aromatic rings. The summed E-state index contributed by atoms with van der Waals surface area (Å²) in [6, 6.07) is 3.53. The molecule has 0 saturated heterocycles. The van der Waals surface area contributed by atoms with E-state index in [4.69, 9.17) is 11.6 Å². The minimum Gasteiger partial charge on any atom is -0.319 e. The van der Waals surface area contributed by atoms with Crippen molar-refractivity contribution in [2.24, 2.45) is 0 Å². The largest absolute Gasteiger partial charge is 0.319 e. The van der Waals surface area contributed by atoms with Crippen LogP contribution in [0.5, 0.6) is 0 Å². The van der Waals surface area contributed by atoms with Crippen LogP contribution in [0.1, 0.15) is 17.8 Å². The van der Waals surface area contributed by atoms with Gasteiger partial charge in [-0.25, -0.2) is 8.78 Å². The van der Waals surface area contributed by atoms with E-state index in [9.17, 15) is 33.8 Å². The maximum atomic E-state index is 12.9. The Bertz CT molecular complexity index is 901. The quantitative estimate of drug-likeness (QED) is 0.595. The average Bonchev–Trinajstić information content (AvgIpc) is 2.86. The van der Waals surface area contributed by atoms with Crippen molar-refractivity contribution >= 4 is 34.6 Å². The Morgan fingerprint density at radius 1 is 1.35 bits per heavy atom. The SMILES string of the molecule is Cc1c([N+](=O)[O-])c(C(F)F)nn1CC(=O)Nc1ccc(Cl)cc1[N+](=O)[O-]. The Morgan fingerprint density at radius 2 is 2.00 bits per heavy atom. The number of benzene rings is 1. The molecule has 0 saturated carbocycles. The molecule has 10 nitrogen and oxygen atoms in total. The second-order valence-corrected chi connectivity index (χ2v) is 5.44. The van der Waals surface area contributed by atoms with Crippen molar-refractivity contribution in [1.29, 1.82) is 0 Å². The monoisotopic (exact) mass is 389 g/mol. The Morgan fingerprint density at radius 3 is 2.50 bits per heavy atom. The first-order valence-corrected chi connectivity index (χ1v) is 7.23. The first-order valence-electron chi connectivity index (χ1n) is 6.85. The highest BCUT2D eigenvalue weighted by atomic mass is 35.5. The highest BCUT2D eigenvalue weighted by molar-refractivity contribution is 6.31. The van der Waals surface area contributed by atoms with Crippen LogP contribution in [-0.4, -0.2) is 25.5 Å². The van der Waals surface area contributed by atoms with Gasteiger partial charge >= 0.3 is 5.69 Å². The molecule has 0 aliphatic carbocycles. The number of alkyl halides is 2. The standard InChI is InChI=1S/C13H10ClF2N5O5/c1-6-12(21(25)26)11(13(15)16)18-19(6)5-10(22)17-8-3-2-7(14)4-9(8)20(23)24/h2-4,13H,5H2,1H3,(H,17,22). The van der Waals surface area contributed by atoms with Crippen LogP contribution in [0.4, 0.5) is 25.8 Å². The number of anilines is 1. The fourth-order valence-electron chi connectivity index (χ4n) is 2.17. The van der Waals surface area contributed by atoms with E-state index in [2.05, 4.69) is 10.4 Å². The van der Waals surface area contributed by atoms with Gasteiger partial charge in [-0.05, 0) is 19.1 Å². The van der Waals surface area contributed by atoms with E-state index in [0.717, 1.165) is 17.7 Å².